The van der Waals surface area contributed by atoms with Crippen molar-refractivity contribution in [1.82, 2.24) is 5.32 Å². The molecule has 1 aliphatic heterocycles. The van der Waals surface area contributed by atoms with Gasteiger partial charge in [-0.3, -0.25) is 4.79 Å². The predicted molar refractivity (Wildman–Crippen MR) is 80.7 cm³/mol. The van der Waals surface area contributed by atoms with Crippen LogP contribution in [0.5, 0.6) is 5.75 Å². The molecule has 1 N–H and O–H groups in total. The zero-order valence-electron chi connectivity index (χ0n) is 12.5. The van der Waals surface area contributed by atoms with Crippen LogP contribution in [0.4, 0.5) is 0 Å². The SMILES string of the molecule is COCCOc1ccc(C[n+]2cccc3c2CNC3=O)cc1. The fraction of sp³-hybridized carbons (Fsp3) is 0.294. The summed E-state index contributed by atoms with van der Waals surface area (Å²) in [5.41, 5.74) is 2.96. The number of nitrogens with zero attached hydrogens (tertiary/aromatic N) is 1. The summed E-state index contributed by atoms with van der Waals surface area (Å²) in [4.78, 5) is 11.7. The Bertz CT molecular complexity index is 668. The minimum Gasteiger partial charge on any atom is -0.491 e. The van der Waals surface area contributed by atoms with Crippen LogP contribution < -0.4 is 14.6 Å². The molecule has 0 atom stereocenters. The molecule has 2 heterocycles. The Balaban J connectivity index is 1.70. The molecule has 1 aliphatic rings. The number of amides is 1. The number of carbonyl (C=O) groups is 1. The molecule has 5 heteroatoms. The van der Waals surface area contributed by atoms with Crippen LogP contribution in [-0.2, 0) is 17.8 Å². The van der Waals surface area contributed by atoms with E-state index in [4.69, 9.17) is 9.47 Å². The maximum Gasteiger partial charge on any atom is 0.258 e. The van der Waals surface area contributed by atoms with Gasteiger partial charge in [0.1, 0.15) is 24.5 Å². The van der Waals surface area contributed by atoms with Crippen molar-refractivity contribution >= 4 is 5.91 Å². The zero-order valence-corrected chi connectivity index (χ0v) is 12.5. The Kier molecular flexibility index (Phi) is 4.34. The van der Waals surface area contributed by atoms with E-state index >= 15 is 0 Å². The van der Waals surface area contributed by atoms with E-state index in [0.717, 1.165) is 29.1 Å². The highest BCUT2D eigenvalue weighted by molar-refractivity contribution is 5.97. The number of hydrogen-bond donors (Lipinski definition) is 1. The van der Waals surface area contributed by atoms with Crippen molar-refractivity contribution in [1.29, 1.82) is 0 Å². The molecule has 22 heavy (non-hydrogen) atoms. The lowest BCUT2D eigenvalue weighted by molar-refractivity contribution is -0.695. The first-order valence-corrected chi connectivity index (χ1v) is 7.28. The number of benzene rings is 1. The van der Waals surface area contributed by atoms with Crippen LogP contribution in [0.2, 0.25) is 0 Å². The van der Waals surface area contributed by atoms with Gasteiger partial charge in [-0.2, -0.15) is 4.57 Å². The predicted octanol–water partition coefficient (Wildman–Crippen LogP) is 1.29. The topological polar surface area (TPSA) is 51.4 Å². The summed E-state index contributed by atoms with van der Waals surface area (Å²) in [6.07, 6.45) is 2.00. The smallest absolute Gasteiger partial charge is 0.258 e. The van der Waals surface area contributed by atoms with Crippen LogP contribution in [0.3, 0.4) is 0 Å². The zero-order chi connectivity index (χ0) is 15.4. The Labute approximate surface area is 129 Å². The third-order valence-corrected chi connectivity index (χ3v) is 3.68. The van der Waals surface area contributed by atoms with Crippen molar-refractivity contribution in [2.45, 2.75) is 13.1 Å². The second-order valence-corrected chi connectivity index (χ2v) is 5.16. The number of methoxy groups -OCH3 is 1. The lowest BCUT2D eigenvalue weighted by Gasteiger charge is -2.06. The minimum atomic E-state index is 0.00578. The van der Waals surface area contributed by atoms with Gasteiger partial charge >= 0.3 is 0 Å². The largest absolute Gasteiger partial charge is 0.491 e. The summed E-state index contributed by atoms with van der Waals surface area (Å²) in [7, 11) is 1.65. The molecule has 0 saturated carbocycles. The normalized spacial score (nSPS) is 12.9. The van der Waals surface area contributed by atoms with Crippen LogP contribution in [0.25, 0.3) is 0 Å². The average molecular weight is 299 g/mol. The van der Waals surface area contributed by atoms with Gasteiger partial charge in [0.25, 0.3) is 5.91 Å². The van der Waals surface area contributed by atoms with Crippen LogP contribution >= 0.6 is 0 Å². The first-order chi connectivity index (χ1) is 10.8. The molecule has 0 fully saturated rings. The van der Waals surface area contributed by atoms with Gasteiger partial charge < -0.3 is 14.8 Å². The molecule has 1 aromatic carbocycles. The van der Waals surface area contributed by atoms with E-state index in [2.05, 4.69) is 9.88 Å². The van der Waals surface area contributed by atoms with E-state index in [1.165, 1.54) is 0 Å². The summed E-state index contributed by atoms with van der Waals surface area (Å²) in [5, 5.41) is 2.86. The fourth-order valence-electron chi connectivity index (χ4n) is 2.53. The van der Waals surface area contributed by atoms with Gasteiger partial charge in [0.05, 0.1) is 6.61 Å². The number of fused-ring (bicyclic) bond motifs is 1. The molecule has 5 nitrogen and oxygen atoms in total. The van der Waals surface area contributed by atoms with E-state index in [0.29, 0.717) is 19.8 Å². The lowest BCUT2D eigenvalue weighted by atomic mass is 10.2. The van der Waals surface area contributed by atoms with Gasteiger partial charge in [-0.1, -0.05) is 0 Å². The van der Waals surface area contributed by atoms with Crippen LogP contribution in [0.1, 0.15) is 21.6 Å². The average Bonchev–Trinajstić information content (AvgIpc) is 2.92. The van der Waals surface area contributed by atoms with Gasteiger partial charge in [0.2, 0.25) is 5.69 Å². The van der Waals surface area contributed by atoms with E-state index < -0.39 is 0 Å². The van der Waals surface area contributed by atoms with Gasteiger partial charge in [0, 0.05) is 18.7 Å². The van der Waals surface area contributed by atoms with E-state index in [1.54, 1.807) is 7.11 Å². The van der Waals surface area contributed by atoms with Crippen LogP contribution in [0, 0.1) is 0 Å². The van der Waals surface area contributed by atoms with Gasteiger partial charge in [-0.15, -0.1) is 0 Å². The minimum absolute atomic E-state index is 0.00578. The van der Waals surface area contributed by atoms with Crippen molar-refractivity contribution in [3.63, 3.8) is 0 Å². The molecule has 3 rings (SSSR count). The van der Waals surface area contributed by atoms with Gasteiger partial charge in [-0.05, 0) is 30.3 Å². The third-order valence-electron chi connectivity index (χ3n) is 3.68. The summed E-state index contributed by atoms with van der Waals surface area (Å²) < 4.78 is 12.6. The number of aromatic nitrogens is 1. The monoisotopic (exact) mass is 299 g/mol. The summed E-state index contributed by atoms with van der Waals surface area (Å²) >= 11 is 0. The van der Waals surface area contributed by atoms with Crippen LogP contribution in [0.15, 0.2) is 42.6 Å². The number of hydrogen-bond acceptors (Lipinski definition) is 3. The Morgan fingerprint density at radius 3 is 2.77 bits per heavy atom. The number of ether oxygens (including phenoxy) is 2. The number of pyridine rings is 1. The highest BCUT2D eigenvalue weighted by Crippen LogP contribution is 2.14. The van der Waals surface area contributed by atoms with E-state index in [-0.39, 0.29) is 5.91 Å². The molecule has 114 valence electrons. The summed E-state index contributed by atoms with van der Waals surface area (Å²) in [5.74, 6) is 0.840. The second kappa shape index (κ2) is 6.58. The second-order valence-electron chi connectivity index (χ2n) is 5.16. The van der Waals surface area contributed by atoms with E-state index in [9.17, 15) is 4.79 Å². The highest BCUT2D eigenvalue weighted by atomic mass is 16.5. The maximum atomic E-state index is 11.7. The number of nitrogens with one attached hydrogen (secondary N) is 1. The highest BCUT2D eigenvalue weighted by Gasteiger charge is 2.27. The molecule has 0 bridgehead atoms. The molecule has 0 radical (unpaired) electrons. The Hall–Kier alpha value is -2.40. The Morgan fingerprint density at radius 2 is 2.00 bits per heavy atom. The maximum absolute atomic E-state index is 11.7. The van der Waals surface area contributed by atoms with Gasteiger partial charge in [0.15, 0.2) is 12.7 Å². The summed E-state index contributed by atoms with van der Waals surface area (Å²) in [6.45, 7) is 2.45. The molecule has 0 unspecified atom stereocenters. The number of carbonyl (C=O) groups excluding carboxylic acids is 1. The van der Waals surface area contributed by atoms with Crippen molar-refractivity contribution in [3.8, 4) is 5.75 Å². The molecule has 1 aromatic heterocycles. The standard InChI is InChI=1S/C17H18N2O3/c1-21-9-10-22-14-6-4-13(5-7-14)12-19-8-2-3-15-16(19)11-18-17(15)20/h2-8H,9-12H2,1H3/p+1. The van der Waals surface area contributed by atoms with Crippen LogP contribution in [-0.4, -0.2) is 26.2 Å². The first kappa shape index (κ1) is 14.5. The fourth-order valence-corrected chi connectivity index (χ4v) is 2.53. The molecule has 0 aliphatic carbocycles. The lowest BCUT2D eigenvalue weighted by Crippen LogP contribution is -2.38. The third kappa shape index (κ3) is 3.09. The van der Waals surface area contributed by atoms with Crippen molar-refractivity contribution < 1.29 is 18.8 Å². The molecule has 1 amide bonds. The molecule has 0 saturated heterocycles. The molecular weight excluding hydrogens is 280 g/mol. The van der Waals surface area contributed by atoms with Crippen molar-refractivity contribution in [2.75, 3.05) is 20.3 Å². The first-order valence-electron chi connectivity index (χ1n) is 7.28. The van der Waals surface area contributed by atoms with Gasteiger partial charge in [-0.25, -0.2) is 0 Å². The van der Waals surface area contributed by atoms with E-state index in [1.807, 2.05) is 42.6 Å². The Morgan fingerprint density at radius 1 is 1.18 bits per heavy atom. The quantitative estimate of drug-likeness (QED) is 0.646. The molecular formula is C17H19N2O3+. The summed E-state index contributed by atoms with van der Waals surface area (Å²) in [6, 6.07) is 11.8. The van der Waals surface area contributed by atoms with Crippen molar-refractivity contribution in [3.05, 3.63) is 59.4 Å². The molecule has 0 spiro atoms. The molecule has 2 aromatic rings. The van der Waals surface area contributed by atoms with Crippen molar-refractivity contribution in [2.24, 2.45) is 0 Å². The number of rotatable bonds is 6.